The van der Waals surface area contributed by atoms with Gasteiger partial charge in [-0.05, 0) is 37.1 Å². The van der Waals surface area contributed by atoms with Gasteiger partial charge in [-0.2, -0.15) is 23.5 Å². The second kappa shape index (κ2) is 8.83. The predicted molar refractivity (Wildman–Crippen MR) is 102 cm³/mol. The molecule has 2 heterocycles. The van der Waals surface area contributed by atoms with Crippen LogP contribution in [0.25, 0.3) is 0 Å². The molecule has 1 aliphatic heterocycles. The monoisotopic (exact) mass is 454 g/mol. The van der Waals surface area contributed by atoms with Gasteiger partial charge in [0.15, 0.2) is 5.82 Å². The van der Waals surface area contributed by atoms with E-state index in [2.05, 4.69) is 15.3 Å². The number of aromatic nitrogens is 2. The van der Waals surface area contributed by atoms with Gasteiger partial charge in [0, 0.05) is 25.0 Å². The summed E-state index contributed by atoms with van der Waals surface area (Å²) in [6, 6.07) is 7.30. The lowest BCUT2D eigenvalue weighted by molar-refractivity contribution is -0.244. The number of halogens is 4. The number of hydrogen-bond acceptors (Lipinski definition) is 7. The van der Waals surface area contributed by atoms with E-state index in [0.717, 1.165) is 5.06 Å². The highest BCUT2D eigenvalue weighted by molar-refractivity contribution is 5.98. The number of hydroxylamine groups is 2. The number of rotatable bonds is 6. The molecule has 13 heteroatoms. The molecule has 0 bridgehead atoms. The minimum atomic E-state index is -5.12. The number of nitriles is 1. The standard InChI is InChI=1S/C19H18F4N6O3/c20-12-1-3-13(4-2-12)26-16-14(15(25)30)11-29(27-16)18(5-8-24)6-9-28(10-7-18)32-17(31)19(21,22)23/h1-4,11H,5-7,9-10H2,(H2,25,30)(H,26,27). The molecule has 3 N–H and O–H groups in total. The molecule has 0 atom stereocenters. The summed E-state index contributed by atoms with van der Waals surface area (Å²) in [4.78, 5) is 27.3. The SMILES string of the molecule is N#CCC1(n2cc(C(N)=O)c(Nc3ccc(F)cc3)n2)CCN(OC(=O)C(F)(F)F)CC1. The lowest BCUT2D eigenvalue weighted by atomic mass is 9.85. The molecule has 3 rings (SSSR count). The number of nitrogens with two attached hydrogens (primary N) is 1. The van der Waals surface area contributed by atoms with E-state index in [1.165, 1.54) is 35.1 Å². The number of benzene rings is 1. The smallest absolute Gasteiger partial charge is 0.365 e. The van der Waals surface area contributed by atoms with Gasteiger partial charge in [-0.25, -0.2) is 9.18 Å². The zero-order valence-corrected chi connectivity index (χ0v) is 16.5. The van der Waals surface area contributed by atoms with Crippen LogP contribution in [0.5, 0.6) is 0 Å². The Morgan fingerprint density at radius 3 is 2.41 bits per heavy atom. The summed E-state index contributed by atoms with van der Waals surface area (Å²) in [6.07, 6.45) is -3.61. The Kier molecular flexibility index (Phi) is 6.35. The normalized spacial score (nSPS) is 16.2. The van der Waals surface area contributed by atoms with Crippen LogP contribution in [0.3, 0.4) is 0 Å². The third kappa shape index (κ3) is 4.97. The summed E-state index contributed by atoms with van der Waals surface area (Å²) in [5.74, 6) is -3.51. The molecule has 0 saturated carbocycles. The molecule has 9 nitrogen and oxygen atoms in total. The maximum atomic E-state index is 13.1. The van der Waals surface area contributed by atoms with Gasteiger partial charge in [0.2, 0.25) is 0 Å². The van der Waals surface area contributed by atoms with Crippen LogP contribution in [0.15, 0.2) is 30.5 Å². The number of alkyl halides is 3. The van der Waals surface area contributed by atoms with Gasteiger partial charge in [0.05, 0.1) is 18.0 Å². The first-order valence-electron chi connectivity index (χ1n) is 9.38. The van der Waals surface area contributed by atoms with E-state index in [-0.39, 0.29) is 43.7 Å². The number of amides is 1. The number of anilines is 2. The van der Waals surface area contributed by atoms with Crippen LogP contribution in [0.4, 0.5) is 29.1 Å². The summed E-state index contributed by atoms with van der Waals surface area (Å²) < 4.78 is 51.8. The van der Waals surface area contributed by atoms with E-state index in [1.54, 1.807) is 0 Å². The summed E-state index contributed by atoms with van der Waals surface area (Å²) in [7, 11) is 0. The van der Waals surface area contributed by atoms with Crippen molar-refractivity contribution in [1.29, 1.82) is 5.26 Å². The third-order valence-electron chi connectivity index (χ3n) is 5.08. The Bertz CT molecular complexity index is 1040. The van der Waals surface area contributed by atoms with E-state index in [4.69, 9.17) is 5.73 Å². The average Bonchev–Trinajstić information content (AvgIpc) is 3.15. The number of piperidine rings is 1. The molecule has 0 spiro atoms. The maximum Gasteiger partial charge on any atom is 0.492 e. The maximum absolute atomic E-state index is 13.1. The first-order valence-corrected chi connectivity index (χ1v) is 9.38. The van der Waals surface area contributed by atoms with Crippen molar-refractivity contribution in [2.45, 2.75) is 31.0 Å². The second-order valence-corrected chi connectivity index (χ2v) is 7.20. The van der Waals surface area contributed by atoms with Crippen molar-refractivity contribution in [1.82, 2.24) is 14.8 Å². The van der Waals surface area contributed by atoms with Gasteiger partial charge in [-0.3, -0.25) is 9.48 Å². The minimum absolute atomic E-state index is 0.0116. The van der Waals surface area contributed by atoms with Gasteiger partial charge in [-0.15, -0.1) is 5.06 Å². The van der Waals surface area contributed by atoms with Crippen LogP contribution in [0, 0.1) is 17.1 Å². The summed E-state index contributed by atoms with van der Waals surface area (Å²) in [6.45, 7) is -0.175. The van der Waals surface area contributed by atoms with E-state index in [1.807, 2.05) is 6.07 Å². The number of carbonyl (C=O) groups excluding carboxylic acids is 2. The molecule has 1 amide bonds. The first-order chi connectivity index (χ1) is 15.0. The van der Waals surface area contributed by atoms with E-state index < -0.39 is 29.4 Å². The fraction of sp³-hybridized carbons (Fsp3) is 0.368. The van der Waals surface area contributed by atoms with Crippen molar-refractivity contribution in [3.05, 3.63) is 41.8 Å². The van der Waals surface area contributed by atoms with Crippen LogP contribution in [-0.4, -0.2) is 46.0 Å². The van der Waals surface area contributed by atoms with E-state index in [0.29, 0.717) is 5.69 Å². The Labute approximate surface area is 179 Å². The van der Waals surface area contributed by atoms with Crippen molar-refractivity contribution in [3.8, 4) is 6.07 Å². The van der Waals surface area contributed by atoms with Crippen molar-refractivity contribution in [2.24, 2.45) is 5.73 Å². The average molecular weight is 454 g/mol. The van der Waals surface area contributed by atoms with Gasteiger partial charge in [-0.1, -0.05) is 0 Å². The molecular weight excluding hydrogens is 436 g/mol. The highest BCUT2D eigenvalue weighted by Crippen LogP contribution is 2.35. The van der Waals surface area contributed by atoms with Crippen LogP contribution in [0.1, 0.15) is 29.6 Å². The number of hydrogen-bond donors (Lipinski definition) is 2. The molecule has 32 heavy (non-hydrogen) atoms. The number of nitrogens with zero attached hydrogens (tertiary/aromatic N) is 4. The Balaban J connectivity index is 1.84. The highest BCUT2D eigenvalue weighted by Gasteiger charge is 2.45. The fourth-order valence-corrected chi connectivity index (χ4v) is 3.36. The van der Waals surface area contributed by atoms with Gasteiger partial charge >= 0.3 is 12.1 Å². The predicted octanol–water partition coefficient (Wildman–Crippen LogP) is 2.59. The second-order valence-electron chi connectivity index (χ2n) is 7.20. The number of primary amides is 1. The molecular formula is C19H18F4N6O3. The zero-order chi connectivity index (χ0) is 23.5. The van der Waals surface area contributed by atoms with Crippen molar-refractivity contribution >= 4 is 23.4 Å². The third-order valence-corrected chi connectivity index (χ3v) is 5.08. The van der Waals surface area contributed by atoms with Crippen LogP contribution >= 0.6 is 0 Å². The Morgan fingerprint density at radius 2 is 1.88 bits per heavy atom. The largest absolute Gasteiger partial charge is 0.492 e. The summed E-state index contributed by atoms with van der Waals surface area (Å²) >= 11 is 0. The Morgan fingerprint density at radius 1 is 1.25 bits per heavy atom. The molecule has 1 aromatic heterocycles. The lowest BCUT2D eigenvalue weighted by Gasteiger charge is -2.39. The van der Waals surface area contributed by atoms with Crippen molar-refractivity contribution in [3.63, 3.8) is 0 Å². The minimum Gasteiger partial charge on any atom is -0.365 e. The van der Waals surface area contributed by atoms with E-state index >= 15 is 0 Å². The molecule has 170 valence electrons. The van der Waals surface area contributed by atoms with Crippen LogP contribution < -0.4 is 11.1 Å². The van der Waals surface area contributed by atoms with Crippen molar-refractivity contribution in [2.75, 3.05) is 18.4 Å². The van der Waals surface area contributed by atoms with Gasteiger partial charge in [0.1, 0.15) is 11.4 Å². The quantitative estimate of drug-likeness (QED) is 0.643. The molecule has 1 fully saturated rings. The molecule has 1 aliphatic rings. The van der Waals surface area contributed by atoms with Crippen molar-refractivity contribution < 1.29 is 32.0 Å². The summed E-state index contributed by atoms with van der Waals surface area (Å²) in [5, 5.41) is 17.4. The summed E-state index contributed by atoms with van der Waals surface area (Å²) in [5.41, 5.74) is 4.92. The topological polar surface area (TPSA) is 126 Å². The number of nitrogens with one attached hydrogen (secondary N) is 1. The molecule has 2 aromatic rings. The van der Waals surface area contributed by atoms with Crippen LogP contribution in [-0.2, 0) is 15.2 Å². The lowest BCUT2D eigenvalue weighted by Crippen LogP contribution is -2.48. The first kappa shape index (κ1) is 23.0. The molecule has 0 aliphatic carbocycles. The highest BCUT2D eigenvalue weighted by atomic mass is 19.4. The molecule has 0 radical (unpaired) electrons. The molecule has 1 saturated heterocycles. The zero-order valence-electron chi connectivity index (χ0n) is 16.5. The molecule has 0 unspecified atom stereocenters. The van der Waals surface area contributed by atoms with Gasteiger partial charge < -0.3 is 15.9 Å². The Hall–Kier alpha value is -3.66. The fourth-order valence-electron chi connectivity index (χ4n) is 3.36. The number of carbonyl (C=O) groups is 2. The van der Waals surface area contributed by atoms with Gasteiger partial charge in [0.25, 0.3) is 5.91 Å². The molecule has 1 aromatic carbocycles. The van der Waals surface area contributed by atoms with E-state index in [9.17, 15) is 32.4 Å². The van der Waals surface area contributed by atoms with Crippen LogP contribution in [0.2, 0.25) is 0 Å².